The number of hydrogen-bond acceptors (Lipinski definition) is 6. The fourth-order valence-corrected chi connectivity index (χ4v) is 3.27. The number of aryl methyl sites for hydroxylation is 1. The highest BCUT2D eigenvalue weighted by molar-refractivity contribution is 7.17. The first-order chi connectivity index (χ1) is 11.7. The molecule has 126 valence electrons. The molecule has 1 aliphatic heterocycles. The van der Waals surface area contributed by atoms with E-state index in [1.807, 2.05) is 6.07 Å². The Labute approximate surface area is 143 Å². The van der Waals surface area contributed by atoms with Crippen LogP contribution in [0.4, 0.5) is 5.13 Å². The number of methoxy groups -OCH3 is 1. The summed E-state index contributed by atoms with van der Waals surface area (Å²) < 4.78 is 10.6. The topological polar surface area (TPSA) is 89.6 Å². The van der Waals surface area contributed by atoms with Crippen LogP contribution in [0, 0.1) is 0 Å². The van der Waals surface area contributed by atoms with Crippen molar-refractivity contribution in [3.8, 4) is 11.5 Å². The highest BCUT2D eigenvalue weighted by atomic mass is 32.1. The molecular weight excluding hydrogens is 330 g/mol. The Kier molecular flexibility index (Phi) is 4.95. The van der Waals surface area contributed by atoms with Gasteiger partial charge in [0.15, 0.2) is 23.2 Å². The van der Waals surface area contributed by atoms with E-state index in [0.29, 0.717) is 28.1 Å². The second kappa shape index (κ2) is 7.31. The molecule has 0 saturated heterocycles. The van der Waals surface area contributed by atoms with Crippen LogP contribution in [0.25, 0.3) is 0 Å². The minimum absolute atomic E-state index is 0.134. The smallest absolute Gasteiger partial charge is 0.264 e. The van der Waals surface area contributed by atoms with E-state index in [-0.39, 0.29) is 18.4 Å². The molecule has 2 heterocycles. The highest BCUT2D eigenvalue weighted by Crippen LogP contribution is 2.27. The van der Waals surface area contributed by atoms with Crippen molar-refractivity contribution in [2.45, 2.75) is 12.8 Å². The van der Waals surface area contributed by atoms with Gasteiger partial charge in [-0.1, -0.05) is 23.5 Å². The van der Waals surface area contributed by atoms with Gasteiger partial charge in [0.25, 0.3) is 11.8 Å². The van der Waals surface area contributed by atoms with Gasteiger partial charge in [-0.05, 0) is 25.0 Å². The lowest BCUT2D eigenvalue weighted by molar-refractivity contribution is -0.118. The summed E-state index contributed by atoms with van der Waals surface area (Å²) in [5, 5.41) is 5.89. The number of nitrogens with zero attached hydrogens (tertiary/aromatic N) is 1. The molecule has 7 nitrogen and oxygen atoms in total. The van der Waals surface area contributed by atoms with E-state index in [1.54, 1.807) is 18.2 Å². The number of benzene rings is 1. The van der Waals surface area contributed by atoms with Crippen molar-refractivity contribution in [1.29, 1.82) is 0 Å². The van der Waals surface area contributed by atoms with Crippen LogP contribution < -0.4 is 20.1 Å². The molecule has 2 amide bonds. The van der Waals surface area contributed by atoms with Crippen LogP contribution in [0.2, 0.25) is 0 Å². The summed E-state index contributed by atoms with van der Waals surface area (Å²) in [5.41, 5.74) is 0.732. The van der Waals surface area contributed by atoms with Crippen molar-refractivity contribution in [1.82, 2.24) is 10.3 Å². The highest BCUT2D eigenvalue weighted by Gasteiger charge is 2.21. The number of aromatic nitrogens is 1. The third kappa shape index (κ3) is 3.65. The summed E-state index contributed by atoms with van der Waals surface area (Å²) in [6.07, 6.45) is 1.56. The molecule has 0 radical (unpaired) electrons. The first-order valence-electron chi connectivity index (χ1n) is 7.51. The van der Waals surface area contributed by atoms with Gasteiger partial charge in [0.1, 0.15) is 4.88 Å². The van der Waals surface area contributed by atoms with Crippen molar-refractivity contribution in [3.05, 3.63) is 34.8 Å². The van der Waals surface area contributed by atoms with Crippen molar-refractivity contribution in [2.24, 2.45) is 0 Å². The molecule has 0 atom stereocenters. The summed E-state index contributed by atoms with van der Waals surface area (Å²) in [6, 6.07) is 7.09. The largest absolute Gasteiger partial charge is 0.493 e. The van der Waals surface area contributed by atoms with Gasteiger partial charge in [-0.25, -0.2) is 4.98 Å². The number of hydrogen-bond donors (Lipinski definition) is 2. The molecule has 1 aliphatic rings. The molecular formula is C16H17N3O4S. The zero-order valence-electron chi connectivity index (χ0n) is 13.1. The third-order valence-corrected chi connectivity index (χ3v) is 4.47. The molecule has 2 aromatic rings. The molecule has 0 unspecified atom stereocenters. The maximum atomic E-state index is 12.0. The lowest BCUT2D eigenvalue weighted by Crippen LogP contribution is -2.21. The number of carbonyl (C=O) groups is 2. The number of anilines is 1. The summed E-state index contributed by atoms with van der Waals surface area (Å²) in [6.45, 7) is 0.479. The lowest BCUT2D eigenvalue weighted by atomic mass is 10.2. The number of thiazole rings is 1. The average Bonchev–Trinajstić information content (AvgIpc) is 2.91. The Bertz CT molecular complexity index is 760. The van der Waals surface area contributed by atoms with Gasteiger partial charge in [0, 0.05) is 6.54 Å². The zero-order chi connectivity index (χ0) is 16.9. The van der Waals surface area contributed by atoms with Crippen LogP contribution in [0.5, 0.6) is 11.5 Å². The standard InChI is InChI=1S/C16H17N3O4S/c1-22-11-6-2-3-7-12(11)23-9-13(20)19-16-18-10-5-4-8-17-15(21)14(10)24-16/h2-3,6-7H,4-5,8-9H2,1H3,(H,17,21)(H,18,19,20). The summed E-state index contributed by atoms with van der Waals surface area (Å²) in [4.78, 5) is 28.8. The van der Waals surface area contributed by atoms with Crippen LogP contribution in [-0.4, -0.2) is 37.1 Å². The second-order valence-corrected chi connectivity index (χ2v) is 6.14. The van der Waals surface area contributed by atoms with Crippen molar-refractivity contribution in [3.63, 3.8) is 0 Å². The molecule has 1 aromatic heterocycles. The van der Waals surface area contributed by atoms with E-state index >= 15 is 0 Å². The number of carbonyl (C=O) groups excluding carboxylic acids is 2. The number of ether oxygens (including phenoxy) is 2. The average molecular weight is 347 g/mol. The molecule has 0 fully saturated rings. The van der Waals surface area contributed by atoms with Crippen LogP contribution in [0.15, 0.2) is 24.3 Å². The second-order valence-electron chi connectivity index (χ2n) is 5.14. The lowest BCUT2D eigenvalue weighted by Gasteiger charge is -2.09. The quantitative estimate of drug-likeness (QED) is 0.861. The first kappa shape index (κ1) is 16.3. The van der Waals surface area contributed by atoms with Gasteiger partial charge < -0.3 is 14.8 Å². The number of nitrogens with one attached hydrogen (secondary N) is 2. The Morgan fingerprint density at radius 2 is 2.17 bits per heavy atom. The van der Waals surface area contributed by atoms with E-state index in [0.717, 1.165) is 18.5 Å². The monoisotopic (exact) mass is 347 g/mol. The fraction of sp³-hybridized carbons (Fsp3) is 0.312. The van der Waals surface area contributed by atoms with E-state index in [2.05, 4.69) is 15.6 Å². The Balaban J connectivity index is 1.61. The predicted octanol–water partition coefficient (Wildman–Crippen LogP) is 1.85. The number of amides is 2. The first-order valence-corrected chi connectivity index (χ1v) is 8.32. The molecule has 0 spiro atoms. The summed E-state index contributed by atoms with van der Waals surface area (Å²) >= 11 is 1.18. The third-order valence-electron chi connectivity index (χ3n) is 3.45. The molecule has 8 heteroatoms. The molecule has 2 N–H and O–H groups in total. The predicted molar refractivity (Wildman–Crippen MR) is 89.9 cm³/mol. The number of rotatable bonds is 5. The van der Waals surface area contributed by atoms with E-state index in [9.17, 15) is 9.59 Å². The number of fused-ring (bicyclic) bond motifs is 1. The summed E-state index contributed by atoms with van der Waals surface area (Å²) in [5.74, 6) is 0.573. The summed E-state index contributed by atoms with van der Waals surface area (Å²) in [7, 11) is 1.54. The van der Waals surface area contributed by atoms with Crippen LogP contribution in [-0.2, 0) is 11.2 Å². The molecule has 24 heavy (non-hydrogen) atoms. The van der Waals surface area contributed by atoms with E-state index in [4.69, 9.17) is 9.47 Å². The Morgan fingerprint density at radius 1 is 1.38 bits per heavy atom. The van der Waals surface area contributed by atoms with Gasteiger partial charge in [0.2, 0.25) is 0 Å². The molecule has 0 aliphatic carbocycles. The van der Waals surface area contributed by atoms with E-state index in [1.165, 1.54) is 18.4 Å². The van der Waals surface area contributed by atoms with Crippen molar-refractivity contribution >= 4 is 28.3 Å². The molecule has 0 bridgehead atoms. The van der Waals surface area contributed by atoms with Crippen molar-refractivity contribution in [2.75, 3.05) is 25.6 Å². The molecule has 0 saturated carbocycles. The maximum Gasteiger partial charge on any atom is 0.264 e. The van der Waals surface area contributed by atoms with Gasteiger partial charge in [-0.3, -0.25) is 14.9 Å². The number of para-hydroxylation sites is 2. The van der Waals surface area contributed by atoms with Gasteiger partial charge in [-0.2, -0.15) is 0 Å². The van der Waals surface area contributed by atoms with Gasteiger partial charge in [-0.15, -0.1) is 0 Å². The van der Waals surface area contributed by atoms with Gasteiger partial charge in [0.05, 0.1) is 12.8 Å². The van der Waals surface area contributed by atoms with Crippen LogP contribution >= 0.6 is 11.3 Å². The van der Waals surface area contributed by atoms with Crippen LogP contribution in [0.3, 0.4) is 0 Å². The zero-order valence-corrected chi connectivity index (χ0v) is 13.9. The molecule has 3 rings (SSSR count). The SMILES string of the molecule is COc1ccccc1OCC(=O)Nc1nc2c(s1)C(=O)NCCC2. The maximum absolute atomic E-state index is 12.0. The minimum atomic E-state index is -0.342. The van der Waals surface area contributed by atoms with Gasteiger partial charge >= 0.3 is 0 Å². The minimum Gasteiger partial charge on any atom is -0.493 e. The fourth-order valence-electron chi connectivity index (χ4n) is 2.33. The Hall–Kier alpha value is -2.61. The van der Waals surface area contributed by atoms with E-state index < -0.39 is 0 Å². The van der Waals surface area contributed by atoms with Crippen molar-refractivity contribution < 1.29 is 19.1 Å². The normalized spacial score (nSPS) is 13.5. The van der Waals surface area contributed by atoms with Crippen LogP contribution in [0.1, 0.15) is 21.8 Å². The Morgan fingerprint density at radius 3 is 2.96 bits per heavy atom. The molecule has 1 aromatic carbocycles.